The van der Waals surface area contributed by atoms with E-state index >= 15 is 0 Å². The van der Waals surface area contributed by atoms with Crippen LogP contribution in [0.15, 0.2) is 19.2 Å². The van der Waals surface area contributed by atoms with Gasteiger partial charge in [-0.05, 0) is 0 Å². The maximum absolute atomic E-state index is 10.5. The summed E-state index contributed by atoms with van der Waals surface area (Å²) >= 11 is 0. The zero-order valence-electron chi connectivity index (χ0n) is 8.53. The van der Waals surface area contributed by atoms with Crippen LogP contribution in [0.1, 0.15) is 0 Å². The molecule has 0 aliphatic carbocycles. The summed E-state index contributed by atoms with van der Waals surface area (Å²) in [7, 11) is 0. The molecule has 0 saturated heterocycles. The number of hydrogen-bond acceptors (Lipinski definition) is 6. The molecule has 0 aliphatic rings. The zero-order chi connectivity index (χ0) is 9.46. The molecule has 8 nitrogen and oxygen atoms in total. The number of benzene rings is 1. The molecule has 80 valence electrons. The second-order valence-corrected chi connectivity index (χ2v) is 2.01. The Hall–Kier alpha value is -0.0600. The largest absolute Gasteiger partial charge is 0.501 e. The quantitative estimate of drug-likeness (QED) is 0.265. The van der Waals surface area contributed by atoms with Gasteiger partial charge in [0.15, 0.2) is 0 Å². The van der Waals surface area contributed by atoms with Gasteiger partial charge in [0.2, 0.25) is 11.5 Å². The normalized spacial score (nSPS) is 7.50. The predicted molar refractivity (Wildman–Crippen MR) is 56.0 cm³/mol. The fourth-order valence-corrected chi connectivity index (χ4v) is 0.636. The van der Waals surface area contributed by atoms with E-state index in [4.69, 9.17) is 10.2 Å². The van der Waals surface area contributed by atoms with Crippen molar-refractivity contribution in [1.82, 2.24) is 0 Å². The molecule has 0 bridgehead atoms. The molecule has 0 fully saturated rings. The first kappa shape index (κ1) is 25.0. The van der Waals surface area contributed by atoms with Gasteiger partial charge in [-0.1, -0.05) is 0 Å². The minimum atomic E-state index is -1.63. The van der Waals surface area contributed by atoms with Crippen molar-refractivity contribution >= 4 is 59.1 Å². The first-order chi connectivity index (χ1) is 5.46. The van der Waals surface area contributed by atoms with Crippen molar-refractivity contribution in [3.8, 4) is 11.5 Å². The molecule has 2 radical (unpaired) electrons. The summed E-state index contributed by atoms with van der Waals surface area (Å²) in [5, 5.41) is 17.2. The molecule has 0 atom stereocenters. The number of rotatable bonds is 0. The van der Waals surface area contributed by atoms with E-state index < -0.39 is 33.2 Å². The van der Waals surface area contributed by atoms with Crippen LogP contribution < -0.4 is 21.7 Å². The first-order valence-corrected chi connectivity index (χ1v) is 2.76. The molecule has 1 aromatic carbocycles. The number of phenols is 2. The van der Waals surface area contributed by atoms with E-state index in [1.165, 1.54) is 0 Å². The van der Waals surface area contributed by atoms with Crippen LogP contribution in [0.5, 0.6) is 11.5 Å². The Bertz CT molecular complexity index is 480. The Morgan fingerprint density at radius 3 is 0.938 bits per heavy atom. The number of aromatic hydroxyl groups is 2. The number of hydrogen-bond donors (Lipinski definition) is 2. The third-order valence-electron chi connectivity index (χ3n) is 1.27. The van der Waals surface area contributed by atoms with Gasteiger partial charge < -0.3 is 21.2 Å². The number of phenolic OH excluding ortho intramolecular Hbond substituents is 2. The van der Waals surface area contributed by atoms with E-state index in [0.29, 0.717) is 0 Å². The van der Waals surface area contributed by atoms with Gasteiger partial charge in [0, 0.05) is 59.1 Å². The average molecular weight is 252 g/mol. The van der Waals surface area contributed by atoms with Crippen molar-refractivity contribution in [2.75, 3.05) is 0 Å². The molecular formula is C6H6Na2O8. The van der Waals surface area contributed by atoms with Crippen LogP contribution in [0, 0.1) is 0 Å². The molecule has 10 heteroatoms. The Kier molecular flexibility index (Phi) is 14.1. The summed E-state index contributed by atoms with van der Waals surface area (Å²) in [6, 6.07) is 0. The van der Waals surface area contributed by atoms with Crippen molar-refractivity contribution in [2.24, 2.45) is 0 Å². The van der Waals surface area contributed by atoms with Crippen LogP contribution in [-0.2, 0) is 0 Å². The Morgan fingerprint density at radius 2 is 0.750 bits per heavy atom. The summed E-state index contributed by atoms with van der Waals surface area (Å²) in [6.45, 7) is 0. The Labute approximate surface area is 131 Å². The molecule has 0 aliphatic heterocycles. The van der Waals surface area contributed by atoms with Crippen LogP contribution in [0.3, 0.4) is 0 Å². The molecule has 1 aromatic rings. The minimum absolute atomic E-state index is 0. The van der Waals surface area contributed by atoms with Crippen LogP contribution in [0.2, 0.25) is 0 Å². The summed E-state index contributed by atoms with van der Waals surface area (Å²) in [4.78, 5) is 41.9. The van der Waals surface area contributed by atoms with E-state index in [1.54, 1.807) is 0 Å². The molecule has 0 heterocycles. The van der Waals surface area contributed by atoms with E-state index in [9.17, 15) is 19.2 Å². The van der Waals surface area contributed by atoms with Gasteiger partial charge in [-0.2, -0.15) is 0 Å². The van der Waals surface area contributed by atoms with Crippen LogP contribution >= 0.6 is 0 Å². The topological polar surface area (TPSA) is 172 Å². The molecular weight excluding hydrogens is 246 g/mol. The third kappa shape index (κ3) is 4.07. The molecule has 0 amide bonds. The third-order valence-corrected chi connectivity index (χ3v) is 1.27. The second-order valence-electron chi connectivity index (χ2n) is 2.01. The summed E-state index contributed by atoms with van der Waals surface area (Å²) in [5.41, 5.74) is -6.38. The van der Waals surface area contributed by atoms with Crippen molar-refractivity contribution in [3.63, 3.8) is 0 Å². The van der Waals surface area contributed by atoms with Gasteiger partial charge in [0.1, 0.15) is 0 Å². The van der Waals surface area contributed by atoms with Crippen LogP contribution in [0.4, 0.5) is 0 Å². The SMILES string of the molecule is O.O.O=c1c(O)c(O)c(=O)c(=O)c1=O.[Na].[Na]. The van der Waals surface area contributed by atoms with E-state index in [1.807, 2.05) is 0 Å². The Morgan fingerprint density at radius 1 is 0.562 bits per heavy atom. The molecule has 0 saturated carbocycles. The van der Waals surface area contributed by atoms with Crippen LogP contribution in [0.25, 0.3) is 0 Å². The average Bonchev–Trinajstić information content (AvgIpc) is 2.08. The molecule has 6 N–H and O–H groups in total. The van der Waals surface area contributed by atoms with Gasteiger partial charge in [0.05, 0.1) is 0 Å². The van der Waals surface area contributed by atoms with E-state index in [-0.39, 0.29) is 70.1 Å². The van der Waals surface area contributed by atoms with Gasteiger partial charge >= 0.3 is 0 Å². The molecule has 1 rings (SSSR count). The van der Waals surface area contributed by atoms with Crippen LogP contribution in [-0.4, -0.2) is 80.3 Å². The van der Waals surface area contributed by atoms with Crippen molar-refractivity contribution in [1.29, 1.82) is 0 Å². The van der Waals surface area contributed by atoms with Crippen molar-refractivity contribution < 1.29 is 21.2 Å². The summed E-state index contributed by atoms with van der Waals surface area (Å²) < 4.78 is 0. The fourth-order valence-electron chi connectivity index (χ4n) is 0.636. The zero-order valence-corrected chi connectivity index (χ0v) is 12.5. The Balaban J connectivity index is -0.000000180. The van der Waals surface area contributed by atoms with Gasteiger partial charge in [-0.25, -0.2) is 0 Å². The smallest absolute Gasteiger partial charge is 0.281 e. The van der Waals surface area contributed by atoms with E-state index in [2.05, 4.69) is 0 Å². The fraction of sp³-hybridized carbons (Fsp3) is 0. The summed E-state index contributed by atoms with van der Waals surface area (Å²) in [6.07, 6.45) is 0. The molecule has 0 unspecified atom stereocenters. The maximum atomic E-state index is 10.5. The molecule has 0 aromatic heterocycles. The molecule has 0 spiro atoms. The maximum Gasteiger partial charge on any atom is 0.281 e. The van der Waals surface area contributed by atoms with Crippen molar-refractivity contribution in [3.05, 3.63) is 40.9 Å². The van der Waals surface area contributed by atoms with E-state index in [0.717, 1.165) is 0 Å². The first-order valence-electron chi connectivity index (χ1n) is 2.76. The van der Waals surface area contributed by atoms with Gasteiger partial charge in [-0.3, -0.25) is 19.2 Å². The van der Waals surface area contributed by atoms with Gasteiger partial charge in [0.25, 0.3) is 21.7 Å². The second kappa shape index (κ2) is 9.02. The predicted octanol–water partition coefficient (Wildman–Crippen LogP) is -5.00. The summed E-state index contributed by atoms with van der Waals surface area (Å²) in [5.74, 6) is -2.74. The monoisotopic (exact) mass is 252 g/mol. The molecule has 16 heavy (non-hydrogen) atoms. The van der Waals surface area contributed by atoms with Crippen molar-refractivity contribution in [2.45, 2.75) is 0 Å². The minimum Gasteiger partial charge on any atom is -0.501 e. The standard InChI is InChI=1S/C6H2O6.2Na.2H2O/c7-1-2(8)4(10)6(12)5(11)3(1)9;;;;/h7-8H;;;2*1H2. The van der Waals surface area contributed by atoms with Gasteiger partial charge in [-0.15, -0.1) is 0 Å².